The van der Waals surface area contributed by atoms with Gasteiger partial charge in [-0.3, -0.25) is 9.79 Å². The summed E-state index contributed by atoms with van der Waals surface area (Å²) in [5, 5.41) is 9.62. The molecule has 3 unspecified atom stereocenters. The van der Waals surface area contributed by atoms with Crippen LogP contribution in [-0.2, 0) is 9.53 Å². The molecule has 3 fully saturated rings. The Hall–Kier alpha value is -0.570. The first-order valence-electron chi connectivity index (χ1n) is 8.66. The van der Waals surface area contributed by atoms with Crippen LogP contribution in [0.4, 0.5) is 0 Å². The van der Waals surface area contributed by atoms with Crippen LogP contribution in [0.15, 0.2) is 4.99 Å². The second-order valence-electron chi connectivity index (χ2n) is 6.69. The highest BCUT2D eigenvalue weighted by Crippen LogP contribution is 2.34. The number of fused-ring (bicyclic) bond motifs is 2. The number of halogens is 1. The monoisotopic (exact) mass is 436 g/mol. The number of hydrogen-bond donors (Lipinski definition) is 3. The van der Waals surface area contributed by atoms with Crippen LogP contribution in [0.2, 0.25) is 0 Å². The summed E-state index contributed by atoms with van der Waals surface area (Å²) >= 11 is 0. The van der Waals surface area contributed by atoms with Crippen molar-refractivity contribution in [2.75, 3.05) is 13.6 Å². The topological polar surface area (TPSA) is 74.8 Å². The molecule has 2 bridgehead atoms. The zero-order valence-electron chi connectivity index (χ0n) is 13.8. The molecule has 132 valence electrons. The van der Waals surface area contributed by atoms with Crippen LogP contribution in [-0.4, -0.2) is 49.8 Å². The van der Waals surface area contributed by atoms with E-state index in [9.17, 15) is 4.79 Å². The summed E-state index contributed by atoms with van der Waals surface area (Å²) in [5.74, 6) is 0.749. The van der Waals surface area contributed by atoms with Crippen molar-refractivity contribution >= 4 is 35.8 Å². The van der Waals surface area contributed by atoms with Gasteiger partial charge in [0.25, 0.3) is 0 Å². The third-order valence-corrected chi connectivity index (χ3v) is 5.04. The number of carbonyl (C=O) groups excluding carboxylic acids is 1. The minimum Gasteiger partial charge on any atom is -0.373 e. The van der Waals surface area contributed by atoms with Gasteiger partial charge in [-0.1, -0.05) is 19.3 Å². The molecule has 2 aliphatic heterocycles. The Balaban J connectivity index is 0.00000192. The van der Waals surface area contributed by atoms with Gasteiger partial charge < -0.3 is 20.7 Å². The van der Waals surface area contributed by atoms with Gasteiger partial charge in [-0.05, 0) is 32.1 Å². The van der Waals surface area contributed by atoms with E-state index >= 15 is 0 Å². The number of nitrogens with zero attached hydrogens (tertiary/aromatic N) is 1. The van der Waals surface area contributed by atoms with E-state index < -0.39 is 0 Å². The van der Waals surface area contributed by atoms with Crippen LogP contribution in [0.5, 0.6) is 0 Å². The lowest BCUT2D eigenvalue weighted by atomic mass is 9.95. The SMILES string of the molecule is CN=C(NCC(=O)NC1CCCCC1)NC1CC2CCC1O2.I. The summed E-state index contributed by atoms with van der Waals surface area (Å²) < 4.78 is 5.83. The molecule has 3 rings (SSSR count). The molecule has 6 nitrogen and oxygen atoms in total. The Bertz CT molecular complexity index is 426. The van der Waals surface area contributed by atoms with E-state index in [2.05, 4.69) is 20.9 Å². The van der Waals surface area contributed by atoms with E-state index in [4.69, 9.17) is 4.74 Å². The third kappa shape index (κ3) is 5.20. The summed E-state index contributed by atoms with van der Waals surface area (Å²) in [6.45, 7) is 0.276. The summed E-state index contributed by atoms with van der Waals surface area (Å²) in [6.07, 6.45) is 10.0. The minimum absolute atomic E-state index is 0. The average molecular weight is 436 g/mol. The van der Waals surface area contributed by atoms with Gasteiger partial charge in [-0.25, -0.2) is 0 Å². The molecule has 2 heterocycles. The predicted molar refractivity (Wildman–Crippen MR) is 101 cm³/mol. The summed E-state index contributed by atoms with van der Waals surface area (Å²) in [6, 6.07) is 0.684. The minimum atomic E-state index is 0. The molecule has 2 saturated heterocycles. The zero-order chi connectivity index (χ0) is 15.4. The van der Waals surface area contributed by atoms with Crippen LogP contribution in [0.3, 0.4) is 0 Å². The number of guanidine groups is 1. The van der Waals surface area contributed by atoms with Gasteiger partial charge in [0.1, 0.15) is 0 Å². The van der Waals surface area contributed by atoms with Crippen molar-refractivity contribution in [3.63, 3.8) is 0 Å². The maximum atomic E-state index is 12.0. The number of hydrogen-bond acceptors (Lipinski definition) is 3. The number of carbonyl (C=O) groups is 1. The molecule has 0 aromatic carbocycles. The Morgan fingerprint density at radius 2 is 1.91 bits per heavy atom. The van der Waals surface area contributed by atoms with Crippen molar-refractivity contribution in [1.29, 1.82) is 0 Å². The highest BCUT2D eigenvalue weighted by molar-refractivity contribution is 14.0. The van der Waals surface area contributed by atoms with Gasteiger partial charge in [0.2, 0.25) is 5.91 Å². The van der Waals surface area contributed by atoms with Crippen molar-refractivity contribution in [3.05, 3.63) is 0 Å². The Labute approximate surface area is 155 Å². The van der Waals surface area contributed by atoms with Crippen LogP contribution in [0.25, 0.3) is 0 Å². The Morgan fingerprint density at radius 3 is 2.52 bits per heavy atom. The molecular weight excluding hydrogens is 407 g/mol. The largest absolute Gasteiger partial charge is 0.373 e. The molecule has 23 heavy (non-hydrogen) atoms. The molecule has 1 amide bonds. The molecule has 3 N–H and O–H groups in total. The highest BCUT2D eigenvalue weighted by atomic mass is 127. The van der Waals surface area contributed by atoms with Crippen LogP contribution < -0.4 is 16.0 Å². The number of aliphatic imine (C=N–C) groups is 1. The van der Waals surface area contributed by atoms with E-state index in [0.29, 0.717) is 30.3 Å². The zero-order valence-corrected chi connectivity index (χ0v) is 16.2. The molecular formula is C16H29IN4O2. The molecule has 0 spiro atoms. The first-order chi connectivity index (χ1) is 10.7. The van der Waals surface area contributed by atoms with Gasteiger partial charge in [-0.2, -0.15) is 0 Å². The van der Waals surface area contributed by atoms with Gasteiger partial charge in [0.05, 0.1) is 24.8 Å². The quantitative estimate of drug-likeness (QED) is 0.355. The lowest BCUT2D eigenvalue weighted by molar-refractivity contribution is -0.120. The van der Waals surface area contributed by atoms with E-state index in [-0.39, 0.29) is 36.4 Å². The fourth-order valence-electron chi connectivity index (χ4n) is 3.85. The Kier molecular flexibility index (Phi) is 7.39. The fraction of sp³-hybridized carbons (Fsp3) is 0.875. The van der Waals surface area contributed by atoms with Crippen LogP contribution in [0.1, 0.15) is 51.4 Å². The number of rotatable bonds is 4. The number of amides is 1. The number of ether oxygens (including phenoxy) is 1. The van der Waals surface area contributed by atoms with Gasteiger partial charge in [-0.15, -0.1) is 24.0 Å². The molecule has 0 aromatic rings. The highest BCUT2D eigenvalue weighted by Gasteiger charge is 2.41. The third-order valence-electron chi connectivity index (χ3n) is 5.04. The molecule has 1 saturated carbocycles. The maximum absolute atomic E-state index is 12.0. The Morgan fingerprint density at radius 1 is 1.13 bits per heavy atom. The lowest BCUT2D eigenvalue weighted by Crippen LogP contribution is -2.50. The number of nitrogens with one attached hydrogen (secondary N) is 3. The van der Waals surface area contributed by atoms with Crippen LogP contribution in [0, 0.1) is 0 Å². The summed E-state index contributed by atoms with van der Waals surface area (Å²) in [7, 11) is 1.74. The molecule has 0 aromatic heterocycles. The lowest BCUT2D eigenvalue weighted by Gasteiger charge is -2.24. The van der Waals surface area contributed by atoms with E-state index in [1.165, 1.54) is 25.7 Å². The van der Waals surface area contributed by atoms with Crippen LogP contribution >= 0.6 is 24.0 Å². The van der Waals surface area contributed by atoms with Gasteiger partial charge in [0.15, 0.2) is 5.96 Å². The summed E-state index contributed by atoms with van der Waals surface area (Å²) in [5.41, 5.74) is 0. The summed E-state index contributed by atoms with van der Waals surface area (Å²) in [4.78, 5) is 16.2. The first kappa shape index (κ1) is 18.8. The van der Waals surface area contributed by atoms with Crippen molar-refractivity contribution in [2.45, 2.75) is 75.7 Å². The fourth-order valence-corrected chi connectivity index (χ4v) is 3.85. The molecule has 3 atom stereocenters. The van der Waals surface area contributed by atoms with Gasteiger partial charge in [0, 0.05) is 13.1 Å². The maximum Gasteiger partial charge on any atom is 0.239 e. The second-order valence-corrected chi connectivity index (χ2v) is 6.69. The van der Waals surface area contributed by atoms with Crippen molar-refractivity contribution in [2.24, 2.45) is 4.99 Å². The second kappa shape index (κ2) is 9.05. The molecule has 0 radical (unpaired) electrons. The van der Waals surface area contributed by atoms with E-state index in [0.717, 1.165) is 25.7 Å². The van der Waals surface area contributed by atoms with Crippen molar-refractivity contribution in [1.82, 2.24) is 16.0 Å². The molecule has 3 aliphatic rings. The molecule has 7 heteroatoms. The van der Waals surface area contributed by atoms with Gasteiger partial charge >= 0.3 is 0 Å². The normalized spacial score (nSPS) is 30.7. The molecule has 1 aliphatic carbocycles. The van der Waals surface area contributed by atoms with E-state index in [1.807, 2.05) is 0 Å². The average Bonchev–Trinajstić information content (AvgIpc) is 3.15. The van der Waals surface area contributed by atoms with Crippen molar-refractivity contribution in [3.8, 4) is 0 Å². The predicted octanol–water partition coefficient (Wildman–Crippen LogP) is 1.54. The standard InChI is InChI=1S/C16H28N4O2.HI/c1-17-16(20-13-9-12-7-8-14(13)22-12)18-10-15(21)19-11-5-3-2-4-6-11;/h11-14H,2-10H2,1H3,(H,19,21)(H2,17,18,20);1H. The smallest absolute Gasteiger partial charge is 0.239 e. The van der Waals surface area contributed by atoms with E-state index in [1.54, 1.807) is 7.05 Å². The first-order valence-corrected chi connectivity index (χ1v) is 8.66. The van der Waals surface area contributed by atoms with Crippen molar-refractivity contribution < 1.29 is 9.53 Å².